The second-order valence-corrected chi connectivity index (χ2v) is 6.00. The van der Waals surface area contributed by atoms with Gasteiger partial charge in [0.15, 0.2) is 0 Å². The summed E-state index contributed by atoms with van der Waals surface area (Å²) in [7, 11) is 0. The van der Waals surface area contributed by atoms with E-state index in [0.29, 0.717) is 10.9 Å². The van der Waals surface area contributed by atoms with Crippen molar-refractivity contribution in [3.8, 4) is 0 Å². The van der Waals surface area contributed by atoms with E-state index in [4.69, 9.17) is 5.73 Å². The van der Waals surface area contributed by atoms with Crippen LogP contribution in [0.15, 0.2) is 22.7 Å². The minimum absolute atomic E-state index is 0. The first-order valence-electron chi connectivity index (χ1n) is 6.57. The lowest BCUT2D eigenvalue weighted by Gasteiger charge is -2.27. The smallest absolute Gasteiger partial charge is 0.224 e. The highest BCUT2D eigenvalue weighted by Gasteiger charge is 2.24. The zero-order valence-corrected chi connectivity index (χ0v) is 13.5. The summed E-state index contributed by atoms with van der Waals surface area (Å²) in [5.41, 5.74) is 6.23. The second-order valence-electron chi connectivity index (χ2n) is 5.08. The zero-order valence-electron chi connectivity index (χ0n) is 11.1. The van der Waals surface area contributed by atoms with Gasteiger partial charge in [0.2, 0.25) is 5.91 Å². The fraction of sp³-hybridized carbons (Fsp3) is 0.500. The van der Waals surface area contributed by atoms with Crippen LogP contribution in [-0.4, -0.2) is 11.9 Å². The molecule has 1 fully saturated rings. The predicted octanol–water partition coefficient (Wildman–Crippen LogP) is 3.86. The lowest BCUT2D eigenvalue weighted by Crippen LogP contribution is -2.35. The van der Waals surface area contributed by atoms with Gasteiger partial charge in [-0.3, -0.25) is 4.79 Å². The van der Waals surface area contributed by atoms with Crippen molar-refractivity contribution in [1.82, 2.24) is 0 Å². The zero-order chi connectivity index (χ0) is 13.8. The first kappa shape index (κ1) is 17.4. The number of amides is 1. The molecule has 0 radical (unpaired) electrons. The number of anilines is 1. The Morgan fingerprint density at radius 1 is 1.40 bits per heavy atom. The highest BCUT2D eigenvalue weighted by atomic mass is 79.9. The van der Waals surface area contributed by atoms with E-state index in [2.05, 4.69) is 21.2 Å². The third-order valence-electron chi connectivity index (χ3n) is 3.62. The van der Waals surface area contributed by atoms with Gasteiger partial charge in [-0.1, -0.05) is 28.8 Å². The summed E-state index contributed by atoms with van der Waals surface area (Å²) in [5.74, 6) is -0.383. The minimum Gasteiger partial charge on any atom is -0.327 e. The topological polar surface area (TPSA) is 55.1 Å². The maximum absolute atomic E-state index is 13.6. The number of rotatable bonds is 3. The van der Waals surface area contributed by atoms with E-state index in [-0.39, 0.29) is 36.0 Å². The van der Waals surface area contributed by atoms with Crippen LogP contribution in [-0.2, 0) is 4.79 Å². The Kier molecular flexibility index (Phi) is 6.92. The van der Waals surface area contributed by atoms with E-state index in [9.17, 15) is 9.18 Å². The molecular formula is C14H19BrClFN2O. The predicted molar refractivity (Wildman–Crippen MR) is 84.5 cm³/mol. The van der Waals surface area contributed by atoms with Gasteiger partial charge in [0.05, 0.1) is 5.69 Å². The largest absolute Gasteiger partial charge is 0.327 e. The van der Waals surface area contributed by atoms with E-state index in [1.54, 1.807) is 12.1 Å². The van der Waals surface area contributed by atoms with Crippen molar-refractivity contribution in [2.24, 2.45) is 11.7 Å². The van der Waals surface area contributed by atoms with Crippen molar-refractivity contribution < 1.29 is 9.18 Å². The van der Waals surface area contributed by atoms with Crippen molar-refractivity contribution in [2.75, 3.05) is 5.32 Å². The fourth-order valence-corrected chi connectivity index (χ4v) is 2.85. The molecule has 2 unspecified atom stereocenters. The summed E-state index contributed by atoms with van der Waals surface area (Å²) in [4.78, 5) is 11.9. The number of nitrogens with one attached hydrogen (secondary N) is 1. The molecule has 3 N–H and O–H groups in total. The first-order valence-corrected chi connectivity index (χ1v) is 7.36. The van der Waals surface area contributed by atoms with E-state index in [1.807, 2.05) is 0 Å². The molecule has 0 aromatic heterocycles. The van der Waals surface area contributed by atoms with Gasteiger partial charge in [0.25, 0.3) is 0 Å². The lowest BCUT2D eigenvalue weighted by molar-refractivity contribution is -0.117. The Morgan fingerprint density at radius 3 is 2.75 bits per heavy atom. The maximum atomic E-state index is 13.6. The molecule has 6 heteroatoms. The molecule has 2 rings (SSSR count). The second kappa shape index (κ2) is 7.96. The van der Waals surface area contributed by atoms with Gasteiger partial charge in [-0.25, -0.2) is 4.39 Å². The average molecular weight is 366 g/mol. The van der Waals surface area contributed by atoms with Gasteiger partial charge in [-0.05, 0) is 37.0 Å². The van der Waals surface area contributed by atoms with Crippen LogP contribution in [0.2, 0.25) is 0 Å². The van der Waals surface area contributed by atoms with Crippen LogP contribution in [0.5, 0.6) is 0 Å². The highest BCUT2D eigenvalue weighted by molar-refractivity contribution is 9.10. The van der Waals surface area contributed by atoms with E-state index < -0.39 is 5.82 Å². The maximum Gasteiger partial charge on any atom is 0.224 e. The van der Waals surface area contributed by atoms with Gasteiger partial charge >= 0.3 is 0 Å². The molecule has 0 spiro atoms. The van der Waals surface area contributed by atoms with Crippen LogP contribution >= 0.6 is 28.3 Å². The number of halogens is 3. The molecule has 2 atom stereocenters. The van der Waals surface area contributed by atoms with Gasteiger partial charge in [-0.2, -0.15) is 0 Å². The molecule has 1 aromatic carbocycles. The molecule has 0 bridgehead atoms. The van der Waals surface area contributed by atoms with Gasteiger partial charge < -0.3 is 11.1 Å². The molecule has 1 saturated carbocycles. The molecule has 20 heavy (non-hydrogen) atoms. The SMILES string of the molecule is Cl.NC1CCCCC1CC(=O)Nc1ccc(Br)cc1F. The standard InChI is InChI=1S/C14H18BrFN2O.ClH/c15-10-5-6-13(11(16)8-10)18-14(19)7-9-3-1-2-4-12(9)17;/h5-6,8-9,12H,1-4,7,17H2,(H,18,19);1H. The number of hydrogen-bond donors (Lipinski definition) is 2. The van der Waals surface area contributed by atoms with Crippen LogP contribution in [0.3, 0.4) is 0 Å². The summed E-state index contributed by atoms with van der Waals surface area (Å²) in [6.07, 6.45) is 4.59. The first-order chi connectivity index (χ1) is 9.06. The lowest BCUT2D eigenvalue weighted by atomic mass is 9.83. The molecule has 1 amide bonds. The Hall–Kier alpha value is -0.650. The molecule has 3 nitrogen and oxygen atoms in total. The minimum atomic E-state index is -0.435. The summed E-state index contributed by atoms with van der Waals surface area (Å²) in [6, 6.07) is 4.68. The van der Waals surface area contributed by atoms with E-state index in [0.717, 1.165) is 25.7 Å². The Labute approximate surface area is 133 Å². The third kappa shape index (κ3) is 4.72. The van der Waals surface area contributed by atoms with Crippen LogP contribution in [0.1, 0.15) is 32.1 Å². The normalized spacial score (nSPS) is 21.9. The van der Waals surface area contributed by atoms with Gasteiger partial charge in [0, 0.05) is 16.9 Å². The molecule has 112 valence electrons. The molecule has 0 saturated heterocycles. The average Bonchev–Trinajstić information content (AvgIpc) is 2.36. The van der Waals surface area contributed by atoms with Crippen molar-refractivity contribution in [1.29, 1.82) is 0 Å². The Morgan fingerprint density at radius 2 is 2.10 bits per heavy atom. The van der Waals surface area contributed by atoms with Crippen molar-refractivity contribution in [3.63, 3.8) is 0 Å². The van der Waals surface area contributed by atoms with Gasteiger partial charge in [0.1, 0.15) is 5.82 Å². The molecule has 1 aromatic rings. The summed E-state index contributed by atoms with van der Waals surface area (Å²) < 4.78 is 14.2. The van der Waals surface area contributed by atoms with Crippen molar-refractivity contribution in [3.05, 3.63) is 28.5 Å². The molecule has 1 aliphatic rings. The summed E-state index contributed by atoms with van der Waals surface area (Å²) in [5, 5.41) is 2.61. The molecular weight excluding hydrogens is 347 g/mol. The number of carbonyl (C=O) groups is 1. The summed E-state index contributed by atoms with van der Waals surface area (Å²) in [6.45, 7) is 0. The van der Waals surface area contributed by atoms with E-state index in [1.165, 1.54) is 6.07 Å². The quantitative estimate of drug-likeness (QED) is 0.854. The Balaban J connectivity index is 0.00000200. The third-order valence-corrected chi connectivity index (χ3v) is 4.11. The van der Waals surface area contributed by atoms with Crippen LogP contribution in [0.4, 0.5) is 10.1 Å². The molecule has 0 aliphatic heterocycles. The molecule has 1 aliphatic carbocycles. The number of nitrogens with two attached hydrogens (primary N) is 1. The van der Waals surface area contributed by atoms with Crippen molar-refractivity contribution in [2.45, 2.75) is 38.1 Å². The molecule has 0 heterocycles. The monoisotopic (exact) mass is 364 g/mol. The summed E-state index contributed by atoms with van der Waals surface area (Å²) >= 11 is 3.18. The Bertz CT molecular complexity index is 472. The van der Waals surface area contributed by atoms with Crippen LogP contribution in [0, 0.1) is 11.7 Å². The van der Waals surface area contributed by atoms with E-state index >= 15 is 0 Å². The van der Waals surface area contributed by atoms with Crippen LogP contribution < -0.4 is 11.1 Å². The number of hydrogen-bond acceptors (Lipinski definition) is 2. The van der Waals surface area contributed by atoms with Gasteiger partial charge in [-0.15, -0.1) is 12.4 Å². The number of benzene rings is 1. The van der Waals surface area contributed by atoms with Crippen LogP contribution in [0.25, 0.3) is 0 Å². The fourth-order valence-electron chi connectivity index (χ4n) is 2.52. The number of carbonyl (C=O) groups excluding carboxylic acids is 1. The highest BCUT2D eigenvalue weighted by Crippen LogP contribution is 2.26. The van der Waals surface area contributed by atoms with Crippen molar-refractivity contribution >= 4 is 39.9 Å².